The second-order valence-electron chi connectivity index (χ2n) is 7.38. The molecule has 6 heteroatoms. The fourth-order valence-corrected chi connectivity index (χ4v) is 2.58. The Morgan fingerprint density at radius 1 is 1.03 bits per heavy atom. The molecule has 0 aliphatic rings. The van der Waals surface area contributed by atoms with Crippen molar-refractivity contribution in [2.24, 2.45) is 11.7 Å². The molecule has 2 aromatic rings. The van der Waals surface area contributed by atoms with Crippen LogP contribution in [0.15, 0.2) is 48.5 Å². The SMILES string of the molecule is Cc1ccc(OCCCC(=O)Nc2ccc(CNC(=O)C(C)C(C)N)cc2)cc1. The first-order valence-corrected chi connectivity index (χ1v) is 9.96. The fraction of sp³-hybridized carbons (Fsp3) is 0.391. The van der Waals surface area contributed by atoms with Crippen LogP contribution in [0.3, 0.4) is 0 Å². The van der Waals surface area contributed by atoms with Crippen LogP contribution in [-0.2, 0) is 16.1 Å². The number of carbonyl (C=O) groups excluding carboxylic acids is 2. The quantitative estimate of drug-likeness (QED) is 0.536. The molecule has 0 aliphatic heterocycles. The van der Waals surface area contributed by atoms with E-state index in [1.807, 2.05) is 69.3 Å². The second-order valence-corrected chi connectivity index (χ2v) is 7.38. The van der Waals surface area contributed by atoms with Gasteiger partial charge >= 0.3 is 0 Å². The highest BCUT2D eigenvalue weighted by molar-refractivity contribution is 5.90. The third-order valence-electron chi connectivity index (χ3n) is 4.74. The zero-order valence-electron chi connectivity index (χ0n) is 17.4. The first kappa shape index (κ1) is 22.4. The zero-order valence-corrected chi connectivity index (χ0v) is 17.4. The van der Waals surface area contributed by atoms with Crippen molar-refractivity contribution in [1.82, 2.24) is 5.32 Å². The Kier molecular flexibility index (Phi) is 8.68. The molecule has 2 rings (SSSR count). The van der Waals surface area contributed by atoms with Gasteiger partial charge in [-0.3, -0.25) is 9.59 Å². The predicted molar refractivity (Wildman–Crippen MR) is 116 cm³/mol. The summed E-state index contributed by atoms with van der Waals surface area (Å²) < 4.78 is 5.63. The molecule has 0 saturated carbocycles. The number of anilines is 1. The van der Waals surface area contributed by atoms with E-state index in [4.69, 9.17) is 10.5 Å². The summed E-state index contributed by atoms with van der Waals surface area (Å²) in [6.45, 7) is 6.58. The molecule has 0 fully saturated rings. The van der Waals surface area contributed by atoms with Crippen LogP contribution in [0.1, 0.15) is 37.8 Å². The number of rotatable bonds is 10. The molecular weight excluding hydrogens is 366 g/mol. The molecule has 2 atom stereocenters. The Morgan fingerprint density at radius 3 is 2.31 bits per heavy atom. The molecule has 29 heavy (non-hydrogen) atoms. The van der Waals surface area contributed by atoms with E-state index in [-0.39, 0.29) is 23.8 Å². The Bertz CT molecular complexity index is 786. The molecule has 0 aromatic heterocycles. The molecular formula is C23H31N3O3. The lowest BCUT2D eigenvalue weighted by atomic mass is 10.0. The number of nitrogens with two attached hydrogens (primary N) is 1. The maximum Gasteiger partial charge on any atom is 0.224 e. The van der Waals surface area contributed by atoms with Crippen molar-refractivity contribution in [2.75, 3.05) is 11.9 Å². The molecule has 0 aliphatic carbocycles. The van der Waals surface area contributed by atoms with Crippen LogP contribution in [0, 0.1) is 12.8 Å². The molecule has 0 bridgehead atoms. The Balaban J connectivity index is 1.68. The Labute approximate surface area is 172 Å². The molecule has 2 amide bonds. The van der Waals surface area contributed by atoms with Crippen LogP contribution in [-0.4, -0.2) is 24.5 Å². The van der Waals surface area contributed by atoms with E-state index >= 15 is 0 Å². The molecule has 0 radical (unpaired) electrons. The minimum absolute atomic E-state index is 0.0516. The summed E-state index contributed by atoms with van der Waals surface area (Å²) in [5.41, 5.74) is 8.61. The van der Waals surface area contributed by atoms with Crippen LogP contribution in [0.4, 0.5) is 5.69 Å². The standard InChI is InChI=1S/C23H31N3O3/c1-16-6-12-21(13-7-16)29-14-4-5-22(27)26-20-10-8-19(9-11-20)15-25-23(28)17(2)18(3)24/h6-13,17-18H,4-5,14-15,24H2,1-3H3,(H,25,28)(H,26,27). The van der Waals surface area contributed by atoms with Crippen molar-refractivity contribution < 1.29 is 14.3 Å². The highest BCUT2D eigenvalue weighted by Crippen LogP contribution is 2.13. The lowest BCUT2D eigenvalue weighted by Crippen LogP contribution is -2.38. The second kappa shape index (κ2) is 11.2. The number of aryl methyl sites for hydroxylation is 1. The minimum Gasteiger partial charge on any atom is -0.494 e. The summed E-state index contributed by atoms with van der Waals surface area (Å²) in [7, 11) is 0. The van der Waals surface area contributed by atoms with Crippen molar-refractivity contribution in [3.8, 4) is 5.75 Å². The lowest BCUT2D eigenvalue weighted by molar-refractivity contribution is -0.125. The van der Waals surface area contributed by atoms with Gasteiger partial charge in [-0.25, -0.2) is 0 Å². The lowest BCUT2D eigenvalue weighted by Gasteiger charge is -2.15. The number of amides is 2. The van der Waals surface area contributed by atoms with Gasteiger partial charge in [0.25, 0.3) is 0 Å². The number of carbonyl (C=O) groups is 2. The first-order chi connectivity index (χ1) is 13.8. The summed E-state index contributed by atoms with van der Waals surface area (Å²) in [4.78, 5) is 24.0. The molecule has 156 valence electrons. The maximum atomic E-state index is 12.1. The number of nitrogens with one attached hydrogen (secondary N) is 2. The van der Waals surface area contributed by atoms with Gasteiger partial charge in [0.15, 0.2) is 0 Å². The van der Waals surface area contributed by atoms with Gasteiger partial charge in [0.2, 0.25) is 11.8 Å². The van der Waals surface area contributed by atoms with Crippen molar-refractivity contribution in [3.63, 3.8) is 0 Å². The summed E-state index contributed by atoms with van der Waals surface area (Å²) >= 11 is 0. The highest BCUT2D eigenvalue weighted by Gasteiger charge is 2.16. The molecule has 2 unspecified atom stereocenters. The van der Waals surface area contributed by atoms with Crippen molar-refractivity contribution >= 4 is 17.5 Å². The maximum absolute atomic E-state index is 12.1. The topological polar surface area (TPSA) is 93.5 Å². The van der Waals surface area contributed by atoms with Gasteiger partial charge in [-0.2, -0.15) is 0 Å². The van der Waals surface area contributed by atoms with Crippen LogP contribution < -0.4 is 21.1 Å². The minimum atomic E-state index is -0.233. The van der Waals surface area contributed by atoms with Crippen LogP contribution >= 0.6 is 0 Å². The molecule has 4 N–H and O–H groups in total. The molecule has 0 heterocycles. The van der Waals surface area contributed by atoms with E-state index in [0.29, 0.717) is 26.0 Å². The number of ether oxygens (including phenoxy) is 1. The van der Waals surface area contributed by atoms with Gasteiger partial charge in [-0.15, -0.1) is 0 Å². The molecule has 6 nitrogen and oxygen atoms in total. The molecule has 2 aromatic carbocycles. The molecule has 0 saturated heterocycles. The predicted octanol–water partition coefficient (Wildman–Crippen LogP) is 3.39. The first-order valence-electron chi connectivity index (χ1n) is 9.96. The van der Waals surface area contributed by atoms with Crippen molar-refractivity contribution in [2.45, 2.75) is 46.2 Å². The van der Waals surface area contributed by atoms with Crippen molar-refractivity contribution in [1.29, 1.82) is 0 Å². The van der Waals surface area contributed by atoms with E-state index in [0.717, 1.165) is 17.0 Å². The van der Waals surface area contributed by atoms with Crippen LogP contribution in [0.5, 0.6) is 5.75 Å². The summed E-state index contributed by atoms with van der Waals surface area (Å²) in [5, 5.41) is 5.75. The van der Waals surface area contributed by atoms with E-state index in [1.165, 1.54) is 5.56 Å². The number of benzene rings is 2. The van der Waals surface area contributed by atoms with Gasteiger partial charge < -0.3 is 21.1 Å². The Morgan fingerprint density at radius 2 is 1.69 bits per heavy atom. The third-order valence-corrected chi connectivity index (χ3v) is 4.74. The van der Waals surface area contributed by atoms with Gasteiger partial charge in [-0.1, -0.05) is 36.8 Å². The summed E-state index contributed by atoms with van der Waals surface area (Å²) in [5.74, 6) is 0.465. The average molecular weight is 398 g/mol. The van der Waals surface area contributed by atoms with E-state index in [2.05, 4.69) is 10.6 Å². The normalized spacial score (nSPS) is 12.7. The number of hydrogen-bond donors (Lipinski definition) is 3. The third kappa shape index (κ3) is 7.95. The highest BCUT2D eigenvalue weighted by atomic mass is 16.5. The van der Waals surface area contributed by atoms with Crippen LogP contribution in [0.2, 0.25) is 0 Å². The molecule has 0 spiro atoms. The van der Waals surface area contributed by atoms with E-state index < -0.39 is 0 Å². The van der Waals surface area contributed by atoms with Crippen molar-refractivity contribution in [3.05, 3.63) is 59.7 Å². The van der Waals surface area contributed by atoms with Gasteiger partial charge in [-0.05, 0) is 50.1 Å². The van der Waals surface area contributed by atoms with Gasteiger partial charge in [0, 0.05) is 30.6 Å². The van der Waals surface area contributed by atoms with E-state index in [9.17, 15) is 9.59 Å². The van der Waals surface area contributed by atoms with E-state index in [1.54, 1.807) is 0 Å². The smallest absolute Gasteiger partial charge is 0.224 e. The Hall–Kier alpha value is -2.86. The fourth-order valence-electron chi connectivity index (χ4n) is 2.58. The van der Waals surface area contributed by atoms with Gasteiger partial charge in [0.1, 0.15) is 5.75 Å². The monoisotopic (exact) mass is 397 g/mol. The van der Waals surface area contributed by atoms with Crippen LogP contribution in [0.25, 0.3) is 0 Å². The number of hydrogen-bond acceptors (Lipinski definition) is 4. The summed E-state index contributed by atoms with van der Waals surface area (Å²) in [6.07, 6.45) is 1.03. The zero-order chi connectivity index (χ0) is 21.2. The van der Waals surface area contributed by atoms with Gasteiger partial charge in [0.05, 0.1) is 6.61 Å². The largest absolute Gasteiger partial charge is 0.494 e. The summed E-state index contributed by atoms with van der Waals surface area (Å²) in [6, 6.07) is 15.1. The average Bonchev–Trinajstić information content (AvgIpc) is 2.71.